The van der Waals surface area contributed by atoms with Crippen molar-refractivity contribution in [2.75, 3.05) is 10.6 Å². The minimum Gasteiger partial charge on any atom is -0.373 e. The van der Waals surface area contributed by atoms with Crippen LogP contribution in [0.4, 0.5) is 30.2 Å². The topological polar surface area (TPSA) is 102 Å². The van der Waals surface area contributed by atoms with Crippen molar-refractivity contribution in [1.82, 2.24) is 20.4 Å². The SMILES string of the molecule is N#Cc1cnc2c(Cl)cc(N[C@@H](c3ccc(Cl)cc3)c3cn[nH]n3)cc2c1Nc1cc(F)c(F)cc1F. The van der Waals surface area contributed by atoms with Gasteiger partial charge in [0, 0.05) is 34.4 Å². The van der Waals surface area contributed by atoms with Crippen LogP contribution in [0.25, 0.3) is 10.9 Å². The van der Waals surface area contributed by atoms with Gasteiger partial charge < -0.3 is 10.6 Å². The molecule has 0 aliphatic heterocycles. The molecule has 0 unspecified atom stereocenters. The Balaban J connectivity index is 1.63. The van der Waals surface area contributed by atoms with Crippen molar-refractivity contribution in [3.63, 3.8) is 0 Å². The monoisotopic (exact) mass is 539 g/mol. The zero-order valence-corrected chi connectivity index (χ0v) is 20.0. The van der Waals surface area contributed by atoms with Crippen LogP contribution in [0.1, 0.15) is 22.9 Å². The van der Waals surface area contributed by atoms with E-state index in [1.807, 2.05) is 18.2 Å². The van der Waals surface area contributed by atoms with Gasteiger partial charge in [0.2, 0.25) is 0 Å². The molecule has 2 heterocycles. The van der Waals surface area contributed by atoms with Crippen LogP contribution in [0.5, 0.6) is 0 Å². The Morgan fingerprint density at radius 3 is 2.41 bits per heavy atom. The zero-order valence-electron chi connectivity index (χ0n) is 18.5. The molecule has 0 amide bonds. The minimum atomic E-state index is -1.33. The number of hydrogen-bond donors (Lipinski definition) is 3. The van der Waals surface area contributed by atoms with Gasteiger partial charge in [0.25, 0.3) is 0 Å². The highest BCUT2D eigenvalue weighted by atomic mass is 35.5. The second-order valence-corrected chi connectivity index (χ2v) is 8.75. The molecule has 5 aromatic rings. The summed E-state index contributed by atoms with van der Waals surface area (Å²) in [6.07, 6.45) is 2.82. The largest absolute Gasteiger partial charge is 0.373 e. The number of nitrogens with one attached hydrogen (secondary N) is 3. The number of pyridine rings is 1. The minimum absolute atomic E-state index is 0.0376. The number of nitrogens with zero attached hydrogens (tertiary/aromatic N) is 4. The average molecular weight is 540 g/mol. The summed E-state index contributed by atoms with van der Waals surface area (Å²) in [6.45, 7) is 0. The van der Waals surface area contributed by atoms with Crippen LogP contribution in [-0.2, 0) is 0 Å². The summed E-state index contributed by atoms with van der Waals surface area (Å²) >= 11 is 12.6. The highest BCUT2D eigenvalue weighted by Gasteiger charge is 2.20. The molecule has 0 fully saturated rings. The van der Waals surface area contributed by atoms with E-state index in [4.69, 9.17) is 23.2 Å². The first-order valence-electron chi connectivity index (χ1n) is 10.7. The molecule has 3 aromatic carbocycles. The molecule has 0 radical (unpaired) electrons. The van der Waals surface area contributed by atoms with Crippen molar-refractivity contribution < 1.29 is 13.2 Å². The van der Waals surface area contributed by atoms with Gasteiger partial charge in [0.05, 0.1) is 39.7 Å². The van der Waals surface area contributed by atoms with Crippen molar-refractivity contribution >= 4 is 51.2 Å². The zero-order chi connectivity index (χ0) is 26.1. The number of anilines is 3. The summed E-state index contributed by atoms with van der Waals surface area (Å²) in [7, 11) is 0. The van der Waals surface area contributed by atoms with Crippen LogP contribution in [-0.4, -0.2) is 20.4 Å². The van der Waals surface area contributed by atoms with E-state index in [0.717, 1.165) is 5.56 Å². The van der Waals surface area contributed by atoms with Crippen molar-refractivity contribution in [1.29, 1.82) is 5.26 Å². The van der Waals surface area contributed by atoms with Gasteiger partial charge in [0.1, 0.15) is 17.6 Å². The molecule has 7 nitrogen and oxygen atoms in total. The number of rotatable bonds is 6. The number of benzene rings is 3. The lowest BCUT2D eigenvalue weighted by Gasteiger charge is -2.20. The smallest absolute Gasteiger partial charge is 0.161 e. The number of aromatic amines is 1. The van der Waals surface area contributed by atoms with Crippen LogP contribution in [0.3, 0.4) is 0 Å². The summed E-state index contributed by atoms with van der Waals surface area (Å²) in [5.41, 5.74) is 2.00. The maximum Gasteiger partial charge on any atom is 0.161 e. The van der Waals surface area contributed by atoms with E-state index in [1.165, 1.54) is 6.20 Å². The molecule has 0 aliphatic rings. The molecular formula is C25H14Cl2F3N7. The first kappa shape index (κ1) is 24.4. The Kier molecular flexibility index (Phi) is 6.56. The molecule has 12 heteroatoms. The van der Waals surface area contributed by atoms with Crippen LogP contribution in [0.2, 0.25) is 10.0 Å². The molecule has 0 saturated carbocycles. The molecule has 37 heavy (non-hydrogen) atoms. The van der Waals surface area contributed by atoms with Gasteiger partial charge in [-0.15, -0.1) is 0 Å². The van der Waals surface area contributed by atoms with E-state index in [1.54, 1.807) is 30.5 Å². The molecule has 0 spiro atoms. The highest BCUT2D eigenvalue weighted by Crippen LogP contribution is 2.37. The lowest BCUT2D eigenvalue weighted by Crippen LogP contribution is -2.13. The van der Waals surface area contributed by atoms with E-state index < -0.39 is 23.5 Å². The van der Waals surface area contributed by atoms with E-state index in [0.29, 0.717) is 39.4 Å². The summed E-state index contributed by atoms with van der Waals surface area (Å²) in [6, 6.07) is 13.0. The lowest BCUT2D eigenvalue weighted by atomic mass is 10.0. The second kappa shape index (κ2) is 9.97. The first-order chi connectivity index (χ1) is 17.8. The number of nitriles is 1. The Hall–Kier alpha value is -4.33. The normalized spacial score (nSPS) is 11.8. The maximum atomic E-state index is 14.4. The molecule has 3 N–H and O–H groups in total. The fourth-order valence-electron chi connectivity index (χ4n) is 3.81. The molecular weight excluding hydrogens is 526 g/mol. The second-order valence-electron chi connectivity index (χ2n) is 7.91. The predicted molar refractivity (Wildman–Crippen MR) is 134 cm³/mol. The third-order valence-electron chi connectivity index (χ3n) is 5.56. The van der Waals surface area contributed by atoms with Crippen molar-refractivity contribution in [3.8, 4) is 6.07 Å². The summed E-state index contributed by atoms with van der Waals surface area (Å²) in [5.74, 6) is -3.62. The highest BCUT2D eigenvalue weighted by molar-refractivity contribution is 6.36. The van der Waals surface area contributed by atoms with Gasteiger partial charge in [-0.3, -0.25) is 4.98 Å². The molecule has 0 saturated heterocycles. The summed E-state index contributed by atoms with van der Waals surface area (Å²) < 4.78 is 41.7. The molecule has 0 bridgehead atoms. The van der Waals surface area contributed by atoms with E-state index in [-0.39, 0.29) is 22.0 Å². The molecule has 1 atom stereocenters. The summed E-state index contributed by atoms with van der Waals surface area (Å²) in [4.78, 5) is 4.25. The lowest BCUT2D eigenvalue weighted by molar-refractivity contribution is 0.496. The summed E-state index contributed by atoms with van der Waals surface area (Å²) in [5, 5.41) is 27.5. The molecule has 0 aliphatic carbocycles. The third kappa shape index (κ3) is 4.87. The van der Waals surface area contributed by atoms with Gasteiger partial charge in [-0.2, -0.15) is 20.7 Å². The number of aromatic nitrogens is 4. The van der Waals surface area contributed by atoms with Crippen molar-refractivity contribution in [3.05, 3.63) is 105 Å². The third-order valence-corrected chi connectivity index (χ3v) is 6.10. The van der Waals surface area contributed by atoms with E-state index >= 15 is 0 Å². The Morgan fingerprint density at radius 1 is 0.946 bits per heavy atom. The Bertz CT molecular complexity index is 1650. The fourth-order valence-corrected chi connectivity index (χ4v) is 4.21. The molecule has 2 aromatic heterocycles. The Labute approximate surface area is 217 Å². The Morgan fingerprint density at radius 2 is 1.70 bits per heavy atom. The van der Waals surface area contributed by atoms with Crippen molar-refractivity contribution in [2.24, 2.45) is 0 Å². The van der Waals surface area contributed by atoms with E-state index in [9.17, 15) is 18.4 Å². The predicted octanol–water partition coefficient (Wildman–Crippen LogP) is 6.89. The quantitative estimate of drug-likeness (QED) is 0.203. The van der Waals surface area contributed by atoms with Crippen LogP contribution < -0.4 is 10.6 Å². The van der Waals surface area contributed by atoms with Crippen LogP contribution >= 0.6 is 23.2 Å². The van der Waals surface area contributed by atoms with Crippen LogP contribution in [0.15, 0.2) is 60.9 Å². The van der Waals surface area contributed by atoms with Gasteiger partial charge in [0.15, 0.2) is 11.6 Å². The van der Waals surface area contributed by atoms with E-state index in [2.05, 4.69) is 31.0 Å². The van der Waals surface area contributed by atoms with Crippen molar-refractivity contribution in [2.45, 2.75) is 6.04 Å². The number of halogens is 5. The maximum absolute atomic E-state index is 14.4. The van der Waals surface area contributed by atoms with Crippen LogP contribution in [0, 0.1) is 28.8 Å². The average Bonchev–Trinajstić information content (AvgIpc) is 3.41. The van der Waals surface area contributed by atoms with Gasteiger partial charge in [-0.25, -0.2) is 13.2 Å². The molecule has 5 rings (SSSR count). The molecule has 184 valence electrons. The first-order valence-corrected chi connectivity index (χ1v) is 11.4. The number of hydrogen-bond acceptors (Lipinski definition) is 6. The number of fused-ring (bicyclic) bond motifs is 1. The van der Waals surface area contributed by atoms with Gasteiger partial charge in [-0.1, -0.05) is 35.3 Å². The van der Waals surface area contributed by atoms with Gasteiger partial charge in [-0.05, 0) is 29.8 Å². The fraction of sp³-hybridized carbons (Fsp3) is 0.0400. The number of H-pyrrole nitrogens is 1. The standard InChI is InChI=1S/C25H14Cl2F3N7/c26-14-3-1-12(2-4-14)24(22-11-33-37-36-22)34-15-5-16-23(13(9-31)10-32-25(16)17(27)6-15)35-21-8-19(29)18(28)7-20(21)30/h1-8,10-11,24,34H,(H,32,35)(H,33,36,37)/t24-/m0/s1. The van der Waals surface area contributed by atoms with Gasteiger partial charge >= 0.3 is 0 Å².